The molecule has 6 nitrogen and oxygen atoms in total. The highest BCUT2D eigenvalue weighted by atomic mass is 31.2. The molecule has 0 N–H and O–H groups in total. The SMILES string of the molecule is c1ccc2c(-c3c(OC45CC6CC(CC(C6)C4)C5)ccc4ccccc34)c(OP(Oc3ccc4ccccc4c3-c3c(OC45CC6CC(CC(C6)C4)C5)ccc4ccccc34)Oc3ccc4ccccc4c3-c3c(OC45CC6CC(CC(C6)C4)C5)ccc4ccccc34)ccc2c1. The van der Waals surface area contributed by atoms with E-state index < -0.39 is 8.60 Å². The Hall–Kier alpha value is -8.57. The third-order valence-electron chi connectivity index (χ3n) is 25.5. The summed E-state index contributed by atoms with van der Waals surface area (Å²) in [5.41, 5.74) is 5.38. The Kier molecular flexibility index (Phi) is 13.2. The Morgan fingerprint density at radius 3 is 0.588 bits per heavy atom. The molecule has 12 aromatic carbocycles. The first-order chi connectivity index (χ1) is 47.7. The zero-order valence-electron chi connectivity index (χ0n) is 55.1. The summed E-state index contributed by atoms with van der Waals surface area (Å²) in [6, 6.07) is 79.7. The van der Waals surface area contributed by atoms with E-state index in [0.29, 0.717) is 70.5 Å². The first-order valence-electron chi connectivity index (χ1n) is 36.8. The minimum Gasteiger partial charge on any atom is -0.487 e. The Bertz CT molecular complexity index is 4570. The maximum atomic E-state index is 8.04. The molecule has 24 rings (SSSR count). The van der Waals surface area contributed by atoms with Crippen LogP contribution in [0.3, 0.4) is 0 Å². The van der Waals surface area contributed by atoms with Gasteiger partial charge in [-0.15, -0.1) is 0 Å². The Labute approximate surface area is 569 Å². The number of hydrogen-bond donors (Lipinski definition) is 0. The van der Waals surface area contributed by atoms with Crippen molar-refractivity contribution in [2.75, 3.05) is 0 Å². The third kappa shape index (κ3) is 9.78. The topological polar surface area (TPSA) is 55.4 Å². The molecule has 0 heterocycles. The maximum absolute atomic E-state index is 8.04. The molecule has 7 heteroatoms. The molecule has 12 saturated carbocycles. The van der Waals surface area contributed by atoms with Gasteiger partial charge in [-0.2, -0.15) is 0 Å². The summed E-state index contributed by atoms with van der Waals surface area (Å²) in [4.78, 5) is 0. The van der Waals surface area contributed by atoms with Crippen LogP contribution in [0, 0.1) is 53.3 Å². The van der Waals surface area contributed by atoms with Crippen LogP contribution < -0.4 is 27.8 Å². The molecule has 0 radical (unpaired) electrons. The van der Waals surface area contributed by atoms with Gasteiger partial charge in [-0.3, -0.25) is 0 Å². The van der Waals surface area contributed by atoms with E-state index in [9.17, 15) is 0 Å². The predicted molar refractivity (Wildman–Crippen MR) is 394 cm³/mol. The van der Waals surface area contributed by atoms with Crippen LogP contribution in [-0.4, -0.2) is 16.8 Å². The molecular weight excluding hydrogens is 1210 g/mol. The molecule has 0 spiro atoms. The van der Waals surface area contributed by atoms with Crippen LogP contribution in [0.4, 0.5) is 0 Å². The number of benzene rings is 12. The summed E-state index contributed by atoms with van der Waals surface area (Å²) >= 11 is 0. The van der Waals surface area contributed by atoms with Crippen LogP contribution in [0.25, 0.3) is 98.0 Å². The molecule has 12 aromatic rings. The van der Waals surface area contributed by atoms with Gasteiger partial charge in [0.25, 0.3) is 0 Å². The summed E-state index contributed by atoms with van der Waals surface area (Å²) in [5.74, 6) is 11.1. The van der Waals surface area contributed by atoms with E-state index in [1.165, 1.54) is 57.8 Å². The number of hydrogen-bond acceptors (Lipinski definition) is 6. The van der Waals surface area contributed by atoms with E-state index in [-0.39, 0.29) is 16.8 Å². The van der Waals surface area contributed by atoms with E-state index in [4.69, 9.17) is 27.8 Å². The molecule has 0 aromatic heterocycles. The van der Waals surface area contributed by atoms with Crippen molar-refractivity contribution in [3.05, 3.63) is 218 Å². The summed E-state index contributed by atoms with van der Waals surface area (Å²) in [6.45, 7) is 0. The van der Waals surface area contributed by atoms with Crippen molar-refractivity contribution in [3.8, 4) is 67.9 Å². The molecule has 12 fully saturated rings. The van der Waals surface area contributed by atoms with E-state index in [2.05, 4.69) is 218 Å². The highest BCUT2D eigenvalue weighted by Gasteiger charge is 2.56. The zero-order chi connectivity index (χ0) is 63.6. The number of ether oxygens (including phenoxy) is 3. The van der Waals surface area contributed by atoms with Gasteiger partial charge in [0.1, 0.15) is 51.3 Å². The van der Waals surface area contributed by atoms with Crippen molar-refractivity contribution in [2.24, 2.45) is 53.3 Å². The third-order valence-corrected chi connectivity index (χ3v) is 26.6. The molecule has 0 saturated heterocycles. The van der Waals surface area contributed by atoms with E-state index >= 15 is 0 Å². The minimum absolute atomic E-state index is 0.213. The van der Waals surface area contributed by atoms with Gasteiger partial charge in [-0.05, 0) is 270 Å². The Morgan fingerprint density at radius 2 is 0.381 bits per heavy atom. The highest BCUT2D eigenvalue weighted by molar-refractivity contribution is 7.43. The molecule has 0 amide bonds. The molecule has 12 aliphatic carbocycles. The average molecular weight is 1290 g/mol. The van der Waals surface area contributed by atoms with Crippen LogP contribution >= 0.6 is 8.60 Å². The lowest BCUT2D eigenvalue weighted by Crippen LogP contribution is -2.53. The van der Waals surface area contributed by atoms with Crippen LogP contribution in [0.15, 0.2) is 218 Å². The number of rotatable bonds is 15. The van der Waals surface area contributed by atoms with Crippen molar-refractivity contribution in [2.45, 2.75) is 132 Å². The molecule has 0 aliphatic heterocycles. The lowest BCUT2D eigenvalue weighted by atomic mass is 9.54. The Morgan fingerprint density at radius 1 is 0.206 bits per heavy atom. The average Bonchev–Trinajstić information content (AvgIpc) is 0.759. The van der Waals surface area contributed by atoms with Crippen LogP contribution in [0.2, 0.25) is 0 Å². The fourth-order valence-corrected chi connectivity index (χ4v) is 24.1. The van der Waals surface area contributed by atoms with E-state index in [1.54, 1.807) is 0 Å². The van der Waals surface area contributed by atoms with Crippen molar-refractivity contribution in [3.63, 3.8) is 0 Å². The van der Waals surface area contributed by atoms with Gasteiger partial charge >= 0.3 is 8.60 Å². The van der Waals surface area contributed by atoms with Gasteiger partial charge in [-0.1, -0.05) is 182 Å². The van der Waals surface area contributed by atoms with Crippen LogP contribution in [0.1, 0.15) is 116 Å². The molecule has 12 bridgehead atoms. The van der Waals surface area contributed by atoms with Gasteiger partial charge in [0, 0.05) is 33.4 Å². The Balaban J connectivity index is 0.781. The molecule has 12 aliphatic rings. The maximum Gasteiger partial charge on any atom is 0.530 e. The summed E-state index contributed by atoms with van der Waals surface area (Å²) < 4.78 is 47.7. The monoisotopic (exact) mass is 1290 g/mol. The second kappa shape index (κ2) is 22.2. The predicted octanol–water partition coefficient (Wildman–Crippen LogP) is 24.4. The van der Waals surface area contributed by atoms with Crippen molar-refractivity contribution >= 4 is 73.2 Å². The first kappa shape index (κ1) is 57.5. The first-order valence-corrected chi connectivity index (χ1v) is 37.9. The number of fused-ring (bicyclic) bond motifs is 6. The fraction of sp³-hybridized carbons (Fsp3) is 0.333. The quantitative estimate of drug-likeness (QED) is 0.0954. The molecule has 97 heavy (non-hydrogen) atoms. The van der Waals surface area contributed by atoms with Crippen molar-refractivity contribution in [1.29, 1.82) is 0 Å². The van der Waals surface area contributed by atoms with Gasteiger partial charge in [0.05, 0.1) is 0 Å². The van der Waals surface area contributed by atoms with Gasteiger partial charge in [0.2, 0.25) is 0 Å². The highest BCUT2D eigenvalue weighted by Crippen LogP contribution is 2.64. The summed E-state index contributed by atoms with van der Waals surface area (Å²) in [7, 11) is -2.44. The lowest BCUT2D eigenvalue weighted by Gasteiger charge is -2.56. The van der Waals surface area contributed by atoms with Crippen LogP contribution in [-0.2, 0) is 0 Å². The lowest BCUT2D eigenvalue weighted by molar-refractivity contribution is -0.107. The largest absolute Gasteiger partial charge is 0.530 e. The normalized spacial score (nSPS) is 28.9. The summed E-state index contributed by atoms with van der Waals surface area (Å²) in [6.07, 6.45) is 22.0. The fourth-order valence-electron chi connectivity index (χ4n) is 23.0. The second-order valence-corrected chi connectivity index (χ2v) is 33.1. The molecule has 0 unspecified atom stereocenters. The standard InChI is InChI=1S/C90H81O6P/c1-7-19-70-64(13-1)25-31-76(91-88-46-55-37-56(47-88)39-57(38-55)48-88)82(70)85-73-22-10-4-16-67(73)28-34-79(85)94-97(95-80-35-29-68-17-5-11-23-74(68)86(80)83-71-20-8-2-14-65(71)26-32-77(83)92-89-49-58-40-59(50-89)42-60(41-58)51-89)96-81-36-30-69-18-6-12-24-75(69)87(81)84-72-21-9-3-15-66(72)27-33-78(84)93-90-52-61-43-62(53-90)45-63(44-61)54-90/h1-36,55-63H,37-54H2. The molecular formula is C90H81O6P. The van der Waals surface area contributed by atoms with Crippen molar-refractivity contribution < 1.29 is 27.8 Å². The molecule has 0 atom stereocenters. The zero-order valence-corrected chi connectivity index (χ0v) is 56.0. The summed E-state index contributed by atoms with van der Waals surface area (Å²) in [5, 5.41) is 13.4. The second-order valence-electron chi connectivity index (χ2n) is 32.1. The van der Waals surface area contributed by atoms with Crippen molar-refractivity contribution in [1.82, 2.24) is 0 Å². The smallest absolute Gasteiger partial charge is 0.487 e. The van der Waals surface area contributed by atoms with Gasteiger partial charge in [0.15, 0.2) is 0 Å². The van der Waals surface area contributed by atoms with E-state index in [0.717, 1.165) is 173 Å². The van der Waals surface area contributed by atoms with Gasteiger partial charge < -0.3 is 27.8 Å². The van der Waals surface area contributed by atoms with Crippen LogP contribution in [0.5, 0.6) is 34.5 Å². The minimum atomic E-state index is -2.44. The van der Waals surface area contributed by atoms with Gasteiger partial charge in [-0.25, -0.2) is 0 Å². The molecule has 482 valence electrons. The van der Waals surface area contributed by atoms with E-state index in [1.807, 2.05) is 0 Å².